The molecule has 2 aliphatic heterocycles. The van der Waals surface area contributed by atoms with Gasteiger partial charge in [-0.3, -0.25) is 9.42 Å². The quantitative estimate of drug-likeness (QED) is 0.500. The maximum absolute atomic E-state index is 11.0. The summed E-state index contributed by atoms with van der Waals surface area (Å²) in [6.45, 7) is 3.59. The van der Waals surface area contributed by atoms with Gasteiger partial charge in [0.25, 0.3) is 0 Å². The Morgan fingerprint density at radius 2 is 2.19 bits per heavy atom. The van der Waals surface area contributed by atoms with Gasteiger partial charge in [0.05, 0.1) is 17.7 Å². The molecule has 148 valence electrons. The third kappa shape index (κ3) is 4.33. The Morgan fingerprint density at radius 3 is 2.78 bits per heavy atom. The monoisotopic (exact) mass is 398 g/mol. The van der Waals surface area contributed by atoms with Crippen molar-refractivity contribution < 1.29 is 33.5 Å². The highest BCUT2D eigenvalue weighted by Gasteiger charge is 2.49. The number of ether oxygens (including phenoxy) is 2. The maximum Gasteiger partial charge on any atom is 0.471 e. The molecule has 3 atom stereocenters. The first-order valence-corrected chi connectivity index (χ1v) is 10.1. The van der Waals surface area contributed by atoms with E-state index in [1.54, 1.807) is 32.0 Å². The van der Waals surface area contributed by atoms with Crippen molar-refractivity contribution in [1.29, 1.82) is 5.26 Å². The molecule has 0 aliphatic carbocycles. The Morgan fingerprint density at radius 1 is 1.44 bits per heavy atom. The molecule has 0 spiro atoms. The molecule has 9 nitrogen and oxygen atoms in total. The lowest BCUT2D eigenvalue weighted by atomic mass is 9.84. The van der Waals surface area contributed by atoms with Crippen molar-refractivity contribution in [3.63, 3.8) is 0 Å². The summed E-state index contributed by atoms with van der Waals surface area (Å²) in [5, 5.41) is 19.7. The number of likely N-dealkylation sites (tertiary alicyclic amines) is 1. The number of fused-ring (bicyclic) bond motifs is 1. The van der Waals surface area contributed by atoms with Crippen molar-refractivity contribution in [3.05, 3.63) is 29.3 Å². The fourth-order valence-electron chi connectivity index (χ4n) is 3.74. The van der Waals surface area contributed by atoms with Crippen molar-refractivity contribution in [2.45, 2.75) is 50.7 Å². The molecule has 27 heavy (non-hydrogen) atoms. The van der Waals surface area contributed by atoms with Gasteiger partial charge in [0, 0.05) is 12.1 Å². The first kappa shape index (κ1) is 20.2. The molecular weight excluding hydrogens is 375 g/mol. The van der Waals surface area contributed by atoms with Gasteiger partial charge < -0.3 is 24.4 Å². The second kappa shape index (κ2) is 7.49. The van der Waals surface area contributed by atoms with Crippen LogP contribution in [-0.2, 0) is 13.8 Å². The van der Waals surface area contributed by atoms with E-state index in [2.05, 4.69) is 10.6 Å². The van der Waals surface area contributed by atoms with E-state index in [1.165, 1.54) is 0 Å². The number of hydrogen-bond donors (Lipinski definition) is 3. The van der Waals surface area contributed by atoms with Crippen molar-refractivity contribution in [2.75, 3.05) is 13.3 Å². The Hall–Kier alpha value is -1.50. The second-order valence-electron chi connectivity index (χ2n) is 7.20. The highest BCUT2D eigenvalue weighted by molar-refractivity contribution is 7.46. The lowest BCUT2D eigenvalue weighted by Gasteiger charge is -2.48. The van der Waals surface area contributed by atoms with Crippen LogP contribution in [0.3, 0.4) is 0 Å². The van der Waals surface area contributed by atoms with E-state index in [0.717, 1.165) is 6.42 Å². The predicted molar refractivity (Wildman–Crippen MR) is 93.4 cm³/mol. The minimum atomic E-state index is -4.68. The van der Waals surface area contributed by atoms with Crippen LogP contribution in [-0.4, -0.2) is 51.1 Å². The van der Waals surface area contributed by atoms with Crippen LogP contribution in [0.25, 0.3) is 0 Å². The van der Waals surface area contributed by atoms with E-state index >= 15 is 0 Å². The summed E-state index contributed by atoms with van der Waals surface area (Å²) in [6, 6.07) is 6.70. The van der Waals surface area contributed by atoms with E-state index in [0.29, 0.717) is 29.8 Å². The molecule has 0 bridgehead atoms. The molecule has 2 aliphatic rings. The summed E-state index contributed by atoms with van der Waals surface area (Å²) < 4.78 is 27.2. The second-order valence-corrected chi connectivity index (χ2v) is 8.44. The zero-order chi connectivity index (χ0) is 19.8. The topological polar surface area (TPSA) is 132 Å². The molecule has 0 saturated carbocycles. The Labute approximate surface area is 157 Å². The summed E-state index contributed by atoms with van der Waals surface area (Å²) in [5.41, 5.74) is 0.267. The largest absolute Gasteiger partial charge is 0.485 e. The summed E-state index contributed by atoms with van der Waals surface area (Å²) in [5.74, 6) is 0.582. The normalized spacial score (nSPS) is 27.6. The molecule has 3 rings (SSSR count). The number of hydrogen-bond acceptors (Lipinski definition) is 7. The molecular formula is C17H23N2O7P. The van der Waals surface area contributed by atoms with Gasteiger partial charge in [-0.25, -0.2) is 4.57 Å². The van der Waals surface area contributed by atoms with Gasteiger partial charge in [-0.05, 0) is 44.9 Å². The van der Waals surface area contributed by atoms with E-state index in [1.807, 2.05) is 4.90 Å². The molecule has 2 heterocycles. The van der Waals surface area contributed by atoms with Gasteiger partial charge in [-0.2, -0.15) is 5.26 Å². The molecule has 1 saturated heterocycles. The lowest BCUT2D eigenvalue weighted by molar-refractivity contribution is -0.172. The summed E-state index contributed by atoms with van der Waals surface area (Å²) in [6.07, 6.45) is 0.0313. The van der Waals surface area contributed by atoms with E-state index in [4.69, 9.17) is 19.3 Å². The number of aliphatic hydroxyl groups excluding tert-OH is 1. The van der Waals surface area contributed by atoms with Gasteiger partial charge >= 0.3 is 7.82 Å². The molecule has 1 aromatic carbocycles. The van der Waals surface area contributed by atoms with Gasteiger partial charge in [-0.1, -0.05) is 0 Å². The molecule has 1 fully saturated rings. The number of benzene rings is 1. The summed E-state index contributed by atoms with van der Waals surface area (Å²) in [4.78, 5) is 19.7. The standard InChI is InChI=1S/C17H23N2O7P/c1-17(2)16(24-10-25-27(21,22)23)15(19-7-3-4-14(19)20)12-8-11(9-18)5-6-13(12)26-17/h5-6,8,14-16,20H,3-4,7,10H2,1-2H3,(H2,21,22,23). The molecule has 0 amide bonds. The van der Waals surface area contributed by atoms with Crippen LogP contribution in [0, 0.1) is 11.3 Å². The highest BCUT2D eigenvalue weighted by Crippen LogP contribution is 2.47. The molecule has 3 N–H and O–H groups in total. The SMILES string of the molecule is CC1(C)Oc2ccc(C#N)cc2C(N2CCCC2O)C1OCOP(=O)(O)O. The van der Waals surface area contributed by atoms with Crippen LogP contribution < -0.4 is 4.74 Å². The first-order chi connectivity index (χ1) is 12.6. The number of phosphoric acid groups is 1. The predicted octanol–water partition coefficient (Wildman–Crippen LogP) is 1.64. The minimum absolute atomic E-state index is 0.445. The molecule has 1 aromatic rings. The minimum Gasteiger partial charge on any atom is -0.485 e. The van der Waals surface area contributed by atoms with Crippen molar-refractivity contribution in [1.82, 2.24) is 4.90 Å². The summed E-state index contributed by atoms with van der Waals surface area (Å²) in [7, 11) is -4.68. The van der Waals surface area contributed by atoms with Crippen LogP contribution in [0.2, 0.25) is 0 Å². The molecule has 0 aromatic heterocycles. The molecule has 3 unspecified atom stereocenters. The third-order valence-electron chi connectivity index (χ3n) is 4.89. The number of aliphatic hydroxyl groups is 1. The van der Waals surface area contributed by atoms with Gasteiger partial charge in [-0.15, -0.1) is 0 Å². The first-order valence-electron chi connectivity index (χ1n) is 8.61. The van der Waals surface area contributed by atoms with Crippen LogP contribution in [0.5, 0.6) is 5.75 Å². The third-order valence-corrected chi connectivity index (χ3v) is 5.33. The van der Waals surface area contributed by atoms with E-state index in [-0.39, 0.29) is 0 Å². The number of nitrogens with zero attached hydrogens (tertiary/aromatic N) is 2. The smallest absolute Gasteiger partial charge is 0.471 e. The van der Waals surface area contributed by atoms with Crippen molar-refractivity contribution in [2.24, 2.45) is 0 Å². The van der Waals surface area contributed by atoms with Crippen LogP contribution in [0.15, 0.2) is 18.2 Å². The fraction of sp³-hybridized carbons (Fsp3) is 0.588. The molecule has 10 heteroatoms. The zero-order valence-electron chi connectivity index (χ0n) is 15.1. The molecule has 0 radical (unpaired) electrons. The maximum atomic E-state index is 11.0. The number of rotatable bonds is 5. The number of phosphoric ester groups is 1. The number of nitriles is 1. The van der Waals surface area contributed by atoms with Crippen LogP contribution in [0.1, 0.15) is 43.9 Å². The van der Waals surface area contributed by atoms with E-state index < -0.39 is 38.6 Å². The lowest BCUT2D eigenvalue weighted by Crippen LogP contribution is -2.55. The van der Waals surface area contributed by atoms with E-state index in [9.17, 15) is 14.9 Å². The van der Waals surface area contributed by atoms with Crippen molar-refractivity contribution in [3.8, 4) is 11.8 Å². The Kier molecular flexibility index (Phi) is 5.62. The van der Waals surface area contributed by atoms with Gasteiger partial charge in [0.1, 0.15) is 23.7 Å². The Bertz CT molecular complexity index is 788. The fourth-order valence-corrected chi connectivity index (χ4v) is 3.94. The van der Waals surface area contributed by atoms with Crippen LogP contribution in [0.4, 0.5) is 0 Å². The van der Waals surface area contributed by atoms with Crippen LogP contribution >= 0.6 is 7.82 Å². The average Bonchev–Trinajstić information content (AvgIpc) is 2.99. The Balaban J connectivity index is 1.99. The summed E-state index contributed by atoms with van der Waals surface area (Å²) >= 11 is 0. The van der Waals surface area contributed by atoms with Gasteiger partial charge in [0.2, 0.25) is 0 Å². The van der Waals surface area contributed by atoms with Crippen molar-refractivity contribution >= 4 is 7.82 Å². The van der Waals surface area contributed by atoms with Gasteiger partial charge in [0.15, 0.2) is 6.79 Å². The average molecular weight is 398 g/mol. The highest BCUT2D eigenvalue weighted by atomic mass is 31.2. The zero-order valence-corrected chi connectivity index (χ0v) is 16.0.